The molecule has 2 atom stereocenters. The van der Waals surface area contributed by atoms with Crippen LogP contribution in [0.25, 0.3) is 0 Å². The first-order valence-electron chi connectivity index (χ1n) is 12.1. The molecule has 30 heavy (non-hydrogen) atoms. The second-order valence-electron chi connectivity index (χ2n) is 9.46. The van der Waals surface area contributed by atoms with Crippen LogP contribution < -0.4 is 18.1 Å². The van der Waals surface area contributed by atoms with Crippen molar-refractivity contribution in [2.45, 2.75) is 115 Å². The van der Waals surface area contributed by atoms with Crippen LogP contribution in [0.4, 0.5) is 0 Å². The fraction of sp³-hybridized carbons (Fsp3) is 0.958. The van der Waals surface area contributed by atoms with Crippen molar-refractivity contribution in [2.24, 2.45) is 5.73 Å². The fourth-order valence-electron chi connectivity index (χ4n) is 4.62. The summed E-state index contributed by atoms with van der Waals surface area (Å²) in [5.41, 5.74) is 5.16. The number of ketones is 1. The van der Waals surface area contributed by atoms with Gasteiger partial charge in [-0.2, -0.15) is 0 Å². The van der Waals surface area contributed by atoms with E-state index in [0.717, 1.165) is 12.8 Å². The molecule has 0 rings (SSSR count). The molecule has 182 valence electrons. The van der Waals surface area contributed by atoms with E-state index in [-0.39, 0.29) is 24.8 Å². The second-order valence-corrected chi connectivity index (χ2v) is 9.46. The number of carbonyl (C=O) groups is 1. The Labute approximate surface area is 192 Å². The van der Waals surface area contributed by atoms with Gasteiger partial charge in [-0.3, -0.25) is 4.79 Å². The van der Waals surface area contributed by atoms with Crippen LogP contribution in [0.3, 0.4) is 0 Å². The summed E-state index contributed by atoms with van der Waals surface area (Å²) >= 11 is 0. The van der Waals surface area contributed by atoms with Gasteiger partial charge >= 0.3 is 0 Å². The van der Waals surface area contributed by atoms with Crippen molar-refractivity contribution in [3.05, 3.63) is 0 Å². The standard InChI is InChI=1S/C24H51N2O3.ClH/c1-5-6-7-8-9-10-11-12-13-14-15-16-23(29)24(17-18-25,21-22(2)28)26(3,4)19-20-27;/h22,27-28H,5-21,25H2,1-4H3;1H/q+1;/p-1. The molecule has 0 heterocycles. The number of quaternary nitrogens is 1. The van der Waals surface area contributed by atoms with Crippen molar-refractivity contribution in [3.63, 3.8) is 0 Å². The number of aliphatic hydroxyl groups is 2. The number of nitrogens with zero attached hydrogens (tertiary/aromatic N) is 1. The Hall–Kier alpha value is -0.200. The lowest BCUT2D eigenvalue weighted by atomic mass is 9.79. The zero-order valence-electron chi connectivity index (χ0n) is 20.3. The van der Waals surface area contributed by atoms with E-state index in [1.165, 1.54) is 57.8 Å². The minimum Gasteiger partial charge on any atom is -1.00 e. The lowest BCUT2D eigenvalue weighted by molar-refractivity contribution is -0.932. The first kappa shape index (κ1) is 32.0. The molecule has 0 aromatic heterocycles. The van der Waals surface area contributed by atoms with Crippen LogP contribution >= 0.6 is 0 Å². The molecule has 0 bridgehead atoms. The zero-order chi connectivity index (χ0) is 22.2. The molecule has 0 aliphatic carbocycles. The molecule has 2 unspecified atom stereocenters. The molecular weight excluding hydrogens is 400 g/mol. The number of likely N-dealkylation sites (N-methyl/N-ethyl adjacent to an activating group) is 1. The van der Waals surface area contributed by atoms with Crippen LogP contribution in [0, 0.1) is 0 Å². The van der Waals surface area contributed by atoms with Crippen molar-refractivity contribution in [2.75, 3.05) is 33.8 Å². The van der Waals surface area contributed by atoms with Gasteiger partial charge in [-0.05, 0) is 19.9 Å². The average Bonchev–Trinajstić information content (AvgIpc) is 2.65. The maximum absolute atomic E-state index is 13.3. The number of aliphatic hydroxyl groups excluding tert-OH is 2. The molecule has 0 fully saturated rings. The summed E-state index contributed by atoms with van der Waals surface area (Å²) in [5, 5.41) is 19.6. The number of hydrogen-bond donors (Lipinski definition) is 3. The summed E-state index contributed by atoms with van der Waals surface area (Å²) in [6.45, 7) is 4.90. The zero-order valence-corrected chi connectivity index (χ0v) is 21.1. The number of hydrogen-bond acceptors (Lipinski definition) is 4. The molecule has 5 nitrogen and oxygen atoms in total. The monoisotopic (exact) mass is 450 g/mol. The number of carbonyl (C=O) groups excluding carboxylic acids is 1. The summed E-state index contributed by atoms with van der Waals surface area (Å²) < 4.78 is 0.377. The summed E-state index contributed by atoms with van der Waals surface area (Å²) in [7, 11) is 3.96. The first-order chi connectivity index (χ1) is 13.8. The summed E-state index contributed by atoms with van der Waals surface area (Å²) in [5.74, 6) is 0.193. The van der Waals surface area contributed by atoms with Gasteiger partial charge in [0, 0.05) is 19.3 Å². The number of unbranched alkanes of at least 4 members (excludes halogenated alkanes) is 10. The molecule has 0 aliphatic heterocycles. The molecule has 0 aliphatic rings. The van der Waals surface area contributed by atoms with Gasteiger partial charge in [-0.15, -0.1) is 0 Å². The number of rotatable bonds is 20. The fourth-order valence-corrected chi connectivity index (χ4v) is 4.62. The van der Waals surface area contributed by atoms with E-state index in [2.05, 4.69) is 6.92 Å². The van der Waals surface area contributed by atoms with Crippen LogP contribution in [0.1, 0.15) is 104 Å². The molecular formula is C24H51ClN2O3. The van der Waals surface area contributed by atoms with Gasteiger partial charge in [0.25, 0.3) is 0 Å². The van der Waals surface area contributed by atoms with Crippen LogP contribution in [-0.2, 0) is 4.79 Å². The van der Waals surface area contributed by atoms with Crippen LogP contribution in [-0.4, -0.2) is 65.9 Å². The molecule has 0 radical (unpaired) electrons. The van der Waals surface area contributed by atoms with Crippen LogP contribution in [0.2, 0.25) is 0 Å². The number of halogens is 1. The van der Waals surface area contributed by atoms with Crippen LogP contribution in [0.5, 0.6) is 0 Å². The SMILES string of the molecule is CCCCCCCCCCCCCC(=O)C(CCN)(CC(C)O)[N+](C)(C)CCO.[Cl-]. The summed E-state index contributed by atoms with van der Waals surface area (Å²) in [4.78, 5) is 13.3. The molecule has 4 N–H and O–H groups in total. The van der Waals surface area contributed by atoms with Gasteiger partial charge in [-0.25, -0.2) is 0 Å². The van der Waals surface area contributed by atoms with E-state index in [0.29, 0.717) is 36.8 Å². The van der Waals surface area contributed by atoms with Gasteiger partial charge < -0.3 is 32.8 Å². The van der Waals surface area contributed by atoms with E-state index in [4.69, 9.17) is 5.73 Å². The Morgan fingerprint density at radius 1 is 0.967 bits per heavy atom. The summed E-state index contributed by atoms with van der Waals surface area (Å²) in [6.07, 6.45) is 14.8. The third-order valence-electron chi connectivity index (χ3n) is 6.54. The Balaban J connectivity index is 0. The van der Waals surface area contributed by atoms with Gasteiger partial charge in [0.1, 0.15) is 6.54 Å². The predicted molar refractivity (Wildman–Crippen MR) is 123 cm³/mol. The first-order valence-corrected chi connectivity index (χ1v) is 12.1. The Bertz CT molecular complexity index is 419. The van der Waals surface area contributed by atoms with Gasteiger partial charge in [0.15, 0.2) is 11.3 Å². The van der Waals surface area contributed by atoms with E-state index in [9.17, 15) is 15.0 Å². The third kappa shape index (κ3) is 12.0. The maximum Gasteiger partial charge on any atom is 0.193 e. The molecule has 0 amide bonds. The van der Waals surface area contributed by atoms with Gasteiger partial charge in [0.2, 0.25) is 0 Å². The van der Waals surface area contributed by atoms with Gasteiger partial charge in [0.05, 0.1) is 26.8 Å². The predicted octanol–water partition coefficient (Wildman–Crippen LogP) is 1.19. The highest BCUT2D eigenvalue weighted by molar-refractivity contribution is 5.87. The largest absolute Gasteiger partial charge is 1.00 e. The summed E-state index contributed by atoms with van der Waals surface area (Å²) in [6, 6.07) is 0. The van der Waals surface area contributed by atoms with Crippen molar-refractivity contribution >= 4 is 5.78 Å². The topological polar surface area (TPSA) is 83.6 Å². The minimum absolute atomic E-state index is 0. The van der Waals surface area contributed by atoms with Crippen molar-refractivity contribution in [1.29, 1.82) is 0 Å². The smallest absolute Gasteiger partial charge is 0.193 e. The lowest BCUT2D eigenvalue weighted by Gasteiger charge is -2.48. The van der Waals surface area contributed by atoms with E-state index < -0.39 is 11.6 Å². The normalized spacial score (nSPS) is 14.8. The van der Waals surface area contributed by atoms with Crippen LogP contribution in [0.15, 0.2) is 0 Å². The van der Waals surface area contributed by atoms with Gasteiger partial charge in [-0.1, -0.05) is 71.1 Å². The minimum atomic E-state index is -0.718. The van der Waals surface area contributed by atoms with E-state index in [1.54, 1.807) is 6.92 Å². The molecule has 0 saturated carbocycles. The van der Waals surface area contributed by atoms with E-state index >= 15 is 0 Å². The Morgan fingerprint density at radius 3 is 1.83 bits per heavy atom. The third-order valence-corrected chi connectivity index (χ3v) is 6.54. The average molecular weight is 451 g/mol. The van der Waals surface area contributed by atoms with Crippen molar-refractivity contribution in [1.82, 2.24) is 0 Å². The van der Waals surface area contributed by atoms with Crippen molar-refractivity contribution in [3.8, 4) is 0 Å². The van der Waals surface area contributed by atoms with E-state index in [1.807, 2.05) is 14.1 Å². The molecule has 0 saturated heterocycles. The highest BCUT2D eigenvalue weighted by Gasteiger charge is 2.50. The highest BCUT2D eigenvalue weighted by Crippen LogP contribution is 2.33. The highest BCUT2D eigenvalue weighted by atomic mass is 35.5. The quantitative estimate of drug-likeness (QED) is 0.192. The number of Topliss-reactive ketones (excluding diaryl/α,β-unsaturated/α-hetero) is 1. The number of nitrogens with two attached hydrogens (primary N) is 1. The molecule has 0 aromatic carbocycles. The molecule has 0 spiro atoms. The van der Waals surface area contributed by atoms with Crippen molar-refractivity contribution < 1.29 is 31.9 Å². The Kier molecular flexibility index (Phi) is 19.6. The Morgan fingerprint density at radius 2 is 1.43 bits per heavy atom. The molecule has 6 heteroatoms. The molecule has 0 aromatic rings. The lowest BCUT2D eigenvalue weighted by Crippen LogP contribution is -3.00. The maximum atomic E-state index is 13.3. The second kappa shape index (κ2) is 18.4.